The molecule has 0 aromatic heterocycles. The third kappa shape index (κ3) is 7.13. The van der Waals surface area contributed by atoms with Crippen LogP contribution in [0.25, 0.3) is 0 Å². The number of fused-ring (bicyclic) bond motifs is 1. The molecule has 0 unspecified atom stereocenters. The minimum absolute atomic E-state index is 0.0131. The molecule has 2 aromatic rings. The maximum atomic E-state index is 12.9. The number of alkyl halides is 3. The van der Waals surface area contributed by atoms with E-state index in [1.807, 2.05) is 51.1 Å². The van der Waals surface area contributed by atoms with Crippen molar-refractivity contribution in [3.8, 4) is 0 Å². The molecule has 190 valence electrons. The number of nitrogens with one attached hydrogen (secondary N) is 2. The van der Waals surface area contributed by atoms with E-state index in [9.17, 15) is 22.8 Å². The second kappa shape index (κ2) is 10.9. The zero-order valence-electron chi connectivity index (χ0n) is 20.2. The molecule has 0 aliphatic carbocycles. The molecule has 0 spiro atoms. The van der Waals surface area contributed by atoms with E-state index in [0.717, 1.165) is 33.6 Å². The molecule has 35 heavy (non-hydrogen) atoms. The molecule has 5 nitrogen and oxygen atoms in total. The highest BCUT2D eigenvalue weighted by Gasteiger charge is 2.42. The van der Waals surface area contributed by atoms with Crippen LogP contribution in [0.3, 0.4) is 0 Å². The van der Waals surface area contributed by atoms with Gasteiger partial charge in [0.25, 0.3) is 0 Å². The van der Waals surface area contributed by atoms with Crippen LogP contribution in [0.1, 0.15) is 43.0 Å². The number of nitrogens with zero attached hydrogens (tertiary/aromatic N) is 1. The molecule has 1 aliphatic rings. The van der Waals surface area contributed by atoms with Crippen molar-refractivity contribution in [1.82, 2.24) is 10.2 Å². The van der Waals surface area contributed by atoms with E-state index in [4.69, 9.17) is 11.6 Å². The van der Waals surface area contributed by atoms with Crippen molar-refractivity contribution in [2.24, 2.45) is 5.41 Å². The number of benzene rings is 2. The number of amides is 2. The third-order valence-corrected chi connectivity index (χ3v) is 6.36. The molecule has 1 aliphatic heterocycles. The highest BCUT2D eigenvalue weighted by atomic mass is 35.5. The van der Waals surface area contributed by atoms with E-state index < -0.39 is 17.5 Å². The Morgan fingerprint density at radius 2 is 1.60 bits per heavy atom. The van der Waals surface area contributed by atoms with Crippen molar-refractivity contribution in [2.45, 2.75) is 52.8 Å². The molecule has 1 heterocycles. The van der Waals surface area contributed by atoms with E-state index >= 15 is 0 Å². The number of rotatable bonds is 6. The summed E-state index contributed by atoms with van der Waals surface area (Å²) in [6.07, 6.45) is -3.52. The van der Waals surface area contributed by atoms with Crippen LogP contribution in [0.15, 0.2) is 36.4 Å². The van der Waals surface area contributed by atoms with Crippen LogP contribution in [0.4, 0.5) is 18.9 Å². The fourth-order valence-corrected chi connectivity index (χ4v) is 4.21. The van der Waals surface area contributed by atoms with Gasteiger partial charge in [0, 0.05) is 31.6 Å². The molecule has 9 heteroatoms. The van der Waals surface area contributed by atoms with E-state index in [1.165, 1.54) is 0 Å². The monoisotopic (exact) mass is 509 g/mol. The van der Waals surface area contributed by atoms with Crippen molar-refractivity contribution in [3.05, 3.63) is 63.7 Å². The van der Waals surface area contributed by atoms with Crippen LogP contribution in [-0.4, -0.2) is 42.5 Å². The number of halogens is 4. The highest BCUT2D eigenvalue weighted by Crippen LogP contribution is 2.32. The van der Waals surface area contributed by atoms with Gasteiger partial charge in [0.2, 0.25) is 5.91 Å². The van der Waals surface area contributed by atoms with Crippen LogP contribution in [0, 0.1) is 5.41 Å². The van der Waals surface area contributed by atoms with E-state index in [-0.39, 0.29) is 19.0 Å². The summed E-state index contributed by atoms with van der Waals surface area (Å²) in [4.78, 5) is 24.5. The Morgan fingerprint density at radius 1 is 0.971 bits per heavy atom. The van der Waals surface area contributed by atoms with Crippen molar-refractivity contribution >= 4 is 29.1 Å². The summed E-state index contributed by atoms with van der Waals surface area (Å²) in [5.74, 6) is -1.79. The predicted molar refractivity (Wildman–Crippen MR) is 131 cm³/mol. The van der Waals surface area contributed by atoms with Gasteiger partial charge in [-0.25, -0.2) is 0 Å². The van der Waals surface area contributed by atoms with Gasteiger partial charge in [0.15, 0.2) is 0 Å². The van der Waals surface area contributed by atoms with Crippen LogP contribution in [0.2, 0.25) is 5.02 Å². The first-order valence-electron chi connectivity index (χ1n) is 11.6. The molecule has 3 rings (SSSR count). The Hall–Kier alpha value is -2.74. The minimum Gasteiger partial charge on any atom is -0.380 e. The van der Waals surface area contributed by atoms with Gasteiger partial charge in [0.1, 0.15) is 0 Å². The summed E-state index contributed by atoms with van der Waals surface area (Å²) in [6.45, 7) is 6.68. The highest BCUT2D eigenvalue weighted by molar-refractivity contribution is 6.33. The van der Waals surface area contributed by atoms with Gasteiger partial charge in [-0.15, -0.1) is 0 Å². The first-order valence-corrected chi connectivity index (χ1v) is 12.0. The molecule has 0 bridgehead atoms. The van der Waals surface area contributed by atoms with Gasteiger partial charge in [-0.05, 0) is 47.6 Å². The molecule has 2 aromatic carbocycles. The maximum absolute atomic E-state index is 12.9. The van der Waals surface area contributed by atoms with Crippen molar-refractivity contribution in [3.63, 3.8) is 0 Å². The van der Waals surface area contributed by atoms with Gasteiger partial charge in [-0.1, -0.05) is 62.7 Å². The molecule has 2 amide bonds. The fourth-order valence-electron chi connectivity index (χ4n) is 3.97. The SMILES string of the molecule is CC(C)(C)C(=O)NCCc1ccc(CNc2c(Cl)ccc3c2CCN(C(=O)C(F)(F)F)CC3)cc1. The van der Waals surface area contributed by atoms with Gasteiger partial charge in [0.05, 0.1) is 10.7 Å². The molecule has 0 saturated carbocycles. The molecule has 0 atom stereocenters. The minimum atomic E-state index is -4.88. The number of carbonyl (C=O) groups is 2. The molecule has 2 N–H and O–H groups in total. The largest absolute Gasteiger partial charge is 0.471 e. The zero-order valence-corrected chi connectivity index (χ0v) is 20.9. The summed E-state index contributed by atoms with van der Waals surface area (Å²) >= 11 is 6.43. The van der Waals surface area contributed by atoms with Gasteiger partial charge >= 0.3 is 12.1 Å². The number of hydrogen-bond acceptors (Lipinski definition) is 3. The summed E-state index contributed by atoms with van der Waals surface area (Å²) < 4.78 is 38.7. The second-order valence-corrected chi connectivity index (χ2v) is 10.2. The normalized spacial score (nSPS) is 14.2. The Balaban J connectivity index is 1.61. The first kappa shape index (κ1) is 26.9. The third-order valence-electron chi connectivity index (χ3n) is 6.04. The Kier molecular flexibility index (Phi) is 8.36. The summed E-state index contributed by atoms with van der Waals surface area (Å²) in [5.41, 5.74) is 4.13. The lowest BCUT2D eigenvalue weighted by Crippen LogP contribution is -2.42. The number of carbonyl (C=O) groups excluding carboxylic acids is 2. The van der Waals surface area contributed by atoms with Crippen LogP contribution >= 0.6 is 11.6 Å². The Labute approximate surface area is 209 Å². The van der Waals surface area contributed by atoms with Gasteiger partial charge in [-0.3, -0.25) is 9.59 Å². The standard InChI is InChI=1S/C26H31ClF3N3O2/c1-25(2,3)23(34)31-13-10-17-4-6-18(7-5-17)16-32-22-20-12-15-33(24(35)26(28,29)30)14-11-19(20)8-9-21(22)27/h4-9,32H,10-16H2,1-3H3,(H,31,34). The lowest BCUT2D eigenvalue weighted by molar-refractivity contribution is -0.185. The molecule has 0 fully saturated rings. The molecular formula is C26H31ClF3N3O2. The van der Waals surface area contributed by atoms with Crippen LogP contribution in [0.5, 0.6) is 0 Å². The molecular weight excluding hydrogens is 479 g/mol. The van der Waals surface area contributed by atoms with E-state index in [2.05, 4.69) is 10.6 Å². The van der Waals surface area contributed by atoms with E-state index in [0.29, 0.717) is 36.6 Å². The Bertz CT molecular complexity index is 1060. The maximum Gasteiger partial charge on any atom is 0.471 e. The second-order valence-electron chi connectivity index (χ2n) is 9.78. The fraction of sp³-hybridized carbons (Fsp3) is 0.462. The lowest BCUT2D eigenvalue weighted by Gasteiger charge is -2.21. The summed E-state index contributed by atoms with van der Waals surface area (Å²) in [7, 11) is 0. The van der Waals surface area contributed by atoms with Crippen molar-refractivity contribution in [2.75, 3.05) is 25.0 Å². The van der Waals surface area contributed by atoms with E-state index in [1.54, 1.807) is 6.07 Å². The number of anilines is 1. The van der Waals surface area contributed by atoms with Gasteiger partial charge < -0.3 is 15.5 Å². The first-order chi connectivity index (χ1) is 16.4. The average Bonchev–Trinajstić information content (AvgIpc) is 3.00. The van der Waals surface area contributed by atoms with Crippen molar-refractivity contribution in [1.29, 1.82) is 0 Å². The average molecular weight is 510 g/mol. The van der Waals surface area contributed by atoms with Crippen molar-refractivity contribution < 1.29 is 22.8 Å². The predicted octanol–water partition coefficient (Wildman–Crippen LogP) is 5.15. The topological polar surface area (TPSA) is 61.4 Å². The molecule has 0 saturated heterocycles. The smallest absolute Gasteiger partial charge is 0.380 e. The zero-order chi connectivity index (χ0) is 25.8. The lowest BCUT2D eigenvalue weighted by atomic mass is 9.95. The summed E-state index contributed by atoms with van der Waals surface area (Å²) in [5, 5.41) is 6.77. The Morgan fingerprint density at radius 3 is 2.23 bits per heavy atom. The van der Waals surface area contributed by atoms with Crippen LogP contribution in [-0.2, 0) is 35.4 Å². The molecule has 0 radical (unpaired) electrons. The van der Waals surface area contributed by atoms with Gasteiger partial charge in [-0.2, -0.15) is 13.2 Å². The quantitative estimate of drug-likeness (QED) is 0.566. The van der Waals surface area contributed by atoms with Crippen LogP contribution < -0.4 is 10.6 Å². The summed E-state index contributed by atoms with van der Waals surface area (Å²) in [6, 6.07) is 11.6. The number of hydrogen-bond donors (Lipinski definition) is 2.